The molecule has 0 aromatic carbocycles. The summed E-state index contributed by atoms with van der Waals surface area (Å²) in [5.74, 6) is 0.402. The molecule has 0 amide bonds. The molecule has 3 nitrogen and oxygen atoms in total. The largest absolute Gasteiger partial charge is 0.375 e. The van der Waals surface area contributed by atoms with Crippen molar-refractivity contribution in [2.75, 3.05) is 0 Å². The summed E-state index contributed by atoms with van der Waals surface area (Å²) in [5, 5.41) is 4.15. The van der Waals surface area contributed by atoms with Crippen LogP contribution in [-0.2, 0) is 0 Å². The summed E-state index contributed by atoms with van der Waals surface area (Å²) in [6, 6.07) is 0. The molecule has 76 valence electrons. The Morgan fingerprint density at radius 2 is 2.23 bits per heavy atom. The zero-order chi connectivity index (χ0) is 10.5. The van der Waals surface area contributed by atoms with Crippen LogP contribution >= 0.6 is 12.2 Å². The normalized spacial score (nSPS) is 14.5. The van der Waals surface area contributed by atoms with E-state index in [1.807, 2.05) is 6.21 Å². The molecule has 0 rings (SSSR count). The number of nitrogens with one attached hydrogen (secondary N) is 1. The molecule has 0 aliphatic rings. The fraction of sp³-hybridized carbons (Fsp3) is 0.778. The standard InChI is InChI=1S/C9H19N3S/c1-5-9(3,4)7(2)6-11-12-8(10)13/h6-7H,5H2,1-4H3,(H3,10,12,13)/b11-6-. The third-order valence-electron chi connectivity index (χ3n) is 2.62. The van der Waals surface area contributed by atoms with E-state index in [1.54, 1.807) is 0 Å². The van der Waals surface area contributed by atoms with Gasteiger partial charge in [0.1, 0.15) is 0 Å². The highest BCUT2D eigenvalue weighted by atomic mass is 32.1. The Morgan fingerprint density at radius 1 is 1.69 bits per heavy atom. The molecule has 4 heteroatoms. The van der Waals surface area contributed by atoms with Gasteiger partial charge in [-0.25, -0.2) is 0 Å². The molecule has 0 fully saturated rings. The van der Waals surface area contributed by atoms with E-state index in [1.165, 1.54) is 0 Å². The van der Waals surface area contributed by atoms with Gasteiger partial charge in [0, 0.05) is 6.21 Å². The van der Waals surface area contributed by atoms with E-state index in [0.29, 0.717) is 5.92 Å². The van der Waals surface area contributed by atoms with Gasteiger partial charge < -0.3 is 5.73 Å². The Morgan fingerprint density at radius 3 is 2.62 bits per heavy atom. The summed E-state index contributed by atoms with van der Waals surface area (Å²) in [4.78, 5) is 0. The lowest BCUT2D eigenvalue weighted by atomic mass is 9.78. The summed E-state index contributed by atoms with van der Waals surface area (Å²) >= 11 is 4.62. The molecule has 0 radical (unpaired) electrons. The number of rotatable bonds is 4. The van der Waals surface area contributed by atoms with Crippen molar-refractivity contribution in [1.29, 1.82) is 0 Å². The van der Waals surface area contributed by atoms with Crippen LogP contribution in [0.2, 0.25) is 0 Å². The summed E-state index contributed by atoms with van der Waals surface area (Å²) in [5.41, 5.74) is 8.04. The van der Waals surface area contributed by atoms with Crippen LogP contribution in [0.5, 0.6) is 0 Å². The second-order valence-corrected chi connectivity index (χ2v) is 4.32. The molecular weight excluding hydrogens is 182 g/mol. The van der Waals surface area contributed by atoms with E-state index in [-0.39, 0.29) is 10.5 Å². The molecule has 0 aromatic heterocycles. The molecule has 0 heterocycles. The van der Waals surface area contributed by atoms with E-state index < -0.39 is 0 Å². The number of hydrazone groups is 1. The molecule has 0 aliphatic heterocycles. The summed E-state index contributed by atoms with van der Waals surface area (Å²) < 4.78 is 0. The zero-order valence-corrected chi connectivity index (χ0v) is 9.61. The minimum Gasteiger partial charge on any atom is -0.375 e. The number of hydrogen-bond acceptors (Lipinski definition) is 2. The monoisotopic (exact) mass is 201 g/mol. The number of hydrogen-bond donors (Lipinski definition) is 2. The van der Waals surface area contributed by atoms with Gasteiger partial charge in [0.15, 0.2) is 5.11 Å². The predicted octanol–water partition coefficient (Wildman–Crippen LogP) is 1.88. The van der Waals surface area contributed by atoms with Crippen molar-refractivity contribution in [1.82, 2.24) is 5.43 Å². The van der Waals surface area contributed by atoms with Crippen molar-refractivity contribution in [2.45, 2.75) is 34.1 Å². The third kappa shape index (κ3) is 4.83. The van der Waals surface area contributed by atoms with Crippen molar-refractivity contribution < 1.29 is 0 Å². The topological polar surface area (TPSA) is 50.4 Å². The molecular formula is C9H19N3S. The Hall–Kier alpha value is -0.640. The highest BCUT2D eigenvalue weighted by molar-refractivity contribution is 7.80. The van der Waals surface area contributed by atoms with E-state index in [4.69, 9.17) is 5.73 Å². The first-order valence-corrected chi connectivity index (χ1v) is 4.89. The second kappa shape index (κ2) is 5.17. The molecule has 3 N–H and O–H groups in total. The van der Waals surface area contributed by atoms with E-state index in [9.17, 15) is 0 Å². The van der Waals surface area contributed by atoms with Gasteiger partial charge in [-0.3, -0.25) is 5.43 Å². The molecule has 0 aromatic rings. The molecule has 0 bridgehead atoms. The minimum atomic E-state index is 0.206. The lowest BCUT2D eigenvalue weighted by Crippen LogP contribution is -2.27. The van der Waals surface area contributed by atoms with Gasteiger partial charge in [-0.15, -0.1) is 0 Å². The van der Waals surface area contributed by atoms with Gasteiger partial charge in [0.2, 0.25) is 0 Å². The van der Waals surface area contributed by atoms with Crippen LogP contribution in [0.25, 0.3) is 0 Å². The molecule has 0 saturated carbocycles. The lowest BCUT2D eigenvalue weighted by molar-refractivity contribution is 0.286. The molecule has 13 heavy (non-hydrogen) atoms. The van der Waals surface area contributed by atoms with Crippen molar-refractivity contribution in [3.05, 3.63) is 0 Å². The van der Waals surface area contributed by atoms with Crippen LogP contribution in [0.3, 0.4) is 0 Å². The predicted molar refractivity (Wildman–Crippen MR) is 61.6 cm³/mol. The van der Waals surface area contributed by atoms with Gasteiger partial charge in [0.05, 0.1) is 0 Å². The van der Waals surface area contributed by atoms with Crippen molar-refractivity contribution in [3.8, 4) is 0 Å². The van der Waals surface area contributed by atoms with Crippen molar-refractivity contribution in [3.63, 3.8) is 0 Å². The van der Waals surface area contributed by atoms with Crippen LogP contribution < -0.4 is 11.2 Å². The van der Waals surface area contributed by atoms with Gasteiger partial charge in [0.25, 0.3) is 0 Å². The molecule has 0 spiro atoms. The smallest absolute Gasteiger partial charge is 0.184 e. The average molecular weight is 201 g/mol. The fourth-order valence-corrected chi connectivity index (χ4v) is 0.789. The quantitative estimate of drug-likeness (QED) is 0.415. The maximum Gasteiger partial charge on any atom is 0.184 e. The van der Waals surface area contributed by atoms with Crippen LogP contribution in [0.1, 0.15) is 34.1 Å². The average Bonchev–Trinajstić information content (AvgIpc) is 2.03. The summed E-state index contributed by atoms with van der Waals surface area (Å²) in [6.07, 6.45) is 2.97. The van der Waals surface area contributed by atoms with Crippen molar-refractivity contribution >= 4 is 23.5 Å². The SMILES string of the molecule is CCC(C)(C)C(C)/C=N\NC(N)=S. The van der Waals surface area contributed by atoms with E-state index in [0.717, 1.165) is 6.42 Å². The zero-order valence-electron chi connectivity index (χ0n) is 8.79. The van der Waals surface area contributed by atoms with Crippen LogP contribution in [-0.4, -0.2) is 11.3 Å². The first-order chi connectivity index (χ1) is 5.90. The van der Waals surface area contributed by atoms with Gasteiger partial charge in [-0.1, -0.05) is 34.1 Å². The Balaban J connectivity index is 4.06. The summed E-state index contributed by atoms with van der Waals surface area (Å²) in [6.45, 7) is 8.73. The molecule has 0 aliphatic carbocycles. The Labute approximate surface area is 85.8 Å². The molecule has 1 atom stereocenters. The molecule has 1 unspecified atom stereocenters. The second-order valence-electron chi connectivity index (χ2n) is 3.89. The highest BCUT2D eigenvalue weighted by Gasteiger charge is 2.21. The minimum absolute atomic E-state index is 0.206. The van der Waals surface area contributed by atoms with Crippen molar-refractivity contribution in [2.24, 2.45) is 22.2 Å². The van der Waals surface area contributed by atoms with Gasteiger partial charge in [-0.2, -0.15) is 5.10 Å². The molecule has 0 saturated heterocycles. The number of nitrogens with two attached hydrogens (primary N) is 1. The first-order valence-electron chi connectivity index (χ1n) is 4.48. The van der Waals surface area contributed by atoms with Crippen LogP contribution in [0, 0.1) is 11.3 Å². The first kappa shape index (κ1) is 12.4. The Bertz CT molecular complexity index is 199. The number of nitrogens with zero attached hydrogens (tertiary/aromatic N) is 1. The Kier molecular flexibility index (Phi) is 4.91. The summed E-state index contributed by atoms with van der Waals surface area (Å²) in [7, 11) is 0. The highest BCUT2D eigenvalue weighted by Crippen LogP contribution is 2.28. The van der Waals surface area contributed by atoms with Crippen LogP contribution in [0.15, 0.2) is 5.10 Å². The third-order valence-corrected chi connectivity index (χ3v) is 2.71. The fourth-order valence-electron chi connectivity index (χ4n) is 0.736. The number of thiocarbonyl (C=S) groups is 1. The van der Waals surface area contributed by atoms with Gasteiger partial charge >= 0.3 is 0 Å². The lowest BCUT2D eigenvalue weighted by Gasteiger charge is -2.27. The van der Waals surface area contributed by atoms with Crippen LogP contribution in [0.4, 0.5) is 0 Å². The van der Waals surface area contributed by atoms with E-state index >= 15 is 0 Å². The van der Waals surface area contributed by atoms with E-state index in [2.05, 4.69) is 50.4 Å². The maximum absolute atomic E-state index is 5.23. The van der Waals surface area contributed by atoms with Gasteiger partial charge in [-0.05, 0) is 23.6 Å². The maximum atomic E-state index is 5.23.